The van der Waals surface area contributed by atoms with E-state index in [1.807, 2.05) is 0 Å². The Balaban J connectivity index is 1.68. The van der Waals surface area contributed by atoms with Crippen LogP contribution in [-0.2, 0) is 51.8 Å². The van der Waals surface area contributed by atoms with E-state index in [9.17, 15) is 15.3 Å². The highest BCUT2D eigenvalue weighted by Crippen LogP contribution is 2.47. The number of rotatable bonds is 12. The third-order valence-corrected chi connectivity index (χ3v) is 14.9. The molecule has 7 aromatic rings. The summed E-state index contributed by atoms with van der Waals surface area (Å²) in [5, 5.41) is 36.5. The van der Waals surface area contributed by atoms with Crippen molar-refractivity contribution in [1.82, 2.24) is 15.0 Å². The van der Waals surface area contributed by atoms with Crippen molar-refractivity contribution in [2.24, 2.45) is 0 Å². The number of phenolic OH excluding ortho intramolecular Hbond substituents is 3. The number of nitrogens with zero attached hydrogens (tertiary/aromatic N) is 3. The van der Waals surface area contributed by atoms with E-state index in [4.69, 9.17) is 15.0 Å². The zero-order chi connectivity index (χ0) is 55.2. The summed E-state index contributed by atoms with van der Waals surface area (Å²) >= 11 is 0. The third kappa shape index (κ3) is 13.1. The molecule has 6 nitrogen and oxygen atoms in total. The zero-order valence-electron chi connectivity index (χ0n) is 48.7. The summed E-state index contributed by atoms with van der Waals surface area (Å²) in [7, 11) is 0. The molecule has 0 saturated carbocycles. The number of hydrogen-bond donors (Lipinski definition) is 3. The monoisotopic (exact) mass is 1010 g/mol. The van der Waals surface area contributed by atoms with Gasteiger partial charge in [-0.3, -0.25) is 0 Å². The molecule has 0 amide bonds. The van der Waals surface area contributed by atoms with E-state index < -0.39 is 0 Å². The first-order chi connectivity index (χ1) is 34.7. The lowest BCUT2D eigenvalue weighted by atomic mass is 9.75. The fourth-order valence-electron chi connectivity index (χ4n) is 10.5. The maximum absolute atomic E-state index is 12.2. The lowest BCUT2D eigenvalue weighted by Gasteiger charge is -2.31. The van der Waals surface area contributed by atoms with Crippen LogP contribution in [0.5, 0.6) is 17.2 Å². The van der Waals surface area contributed by atoms with Gasteiger partial charge in [0.2, 0.25) is 0 Å². The van der Waals surface area contributed by atoms with Crippen LogP contribution in [0, 0.1) is 0 Å². The third-order valence-electron chi connectivity index (χ3n) is 14.9. The Morgan fingerprint density at radius 3 is 0.627 bits per heavy atom. The van der Waals surface area contributed by atoms with Gasteiger partial charge in [0.15, 0.2) is 0 Å². The second kappa shape index (κ2) is 21.0. The molecule has 6 aromatic carbocycles. The SMILES string of the molecule is CC(C)(C)c1cc(C(Cc2ccccc2)c2nc(C(Cc3ccccc3)c3cc(C(C)(C)C)c(O)c(C(C)(C)C)c3)nc(C(Cc3ccccc3)c3cc(C(C)(C)C)c(O)c(C(C)(C)C)c3)n2)cc(C(C)(C)C)c1O. The first kappa shape index (κ1) is 56.5. The van der Waals surface area contributed by atoms with Gasteiger partial charge < -0.3 is 15.3 Å². The lowest BCUT2D eigenvalue weighted by molar-refractivity contribution is 0.421. The van der Waals surface area contributed by atoms with Crippen molar-refractivity contribution in [2.75, 3.05) is 0 Å². The largest absolute Gasteiger partial charge is 0.507 e. The van der Waals surface area contributed by atoms with Crippen LogP contribution in [0.3, 0.4) is 0 Å². The van der Waals surface area contributed by atoms with E-state index in [1.54, 1.807) is 0 Å². The number of aromatic hydroxyl groups is 3. The second-order valence-corrected chi connectivity index (χ2v) is 27.5. The normalized spacial score (nSPS) is 14.2. The summed E-state index contributed by atoms with van der Waals surface area (Å²) in [6.07, 6.45) is 1.78. The predicted octanol–water partition coefficient (Wildman–Crippen LogP) is 16.9. The summed E-state index contributed by atoms with van der Waals surface area (Å²) in [6, 6.07) is 45.0. The van der Waals surface area contributed by atoms with Crippen molar-refractivity contribution >= 4 is 0 Å². The van der Waals surface area contributed by atoms with Crippen molar-refractivity contribution < 1.29 is 15.3 Å². The van der Waals surface area contributed by atoms with E-state index in [0.29, 0.717) is 54.0 Å². The van der Waals surface area contributed by atoms with Gasteiger partial charge in [-0.05, 0) is 119 Å². The van der Waals surface area contributed by atoms with Crippen LogP contribution >= 0.6 is 0 Å². The minimum Gasteiger partial charge on any atom is -0.507 e. The van der Waals surface area contributed by atoms with Crippen LogP contribution in [-0.4, -0.2) is 30.3 Å². The Morgan fingerprint density at radius 1 is 0.293 bits per heavy atom. The van der Waals surface area contributed by atoms with Gasteiger partial charge in [-0.2, -0.15) is 0 Å². The first-order valence-electron chi connectivity index (χ1n) is 27.2. The molecule has 0 saturated heterocycles. The highest BCUT2D eigenvalue weighted by Gasteiger charge is 2.36. The topological polar surface area (TPSA) is 99.4 Å². The predicted molar refractivity (Wildman–Crippen MR) is 312 cm³/mol. The Bertz CT molecular complexity index is 2640. The molecule has 0 fully saturated rings. The Labute approximate surface area is 451 Å². The standard InChI is InChI=1S/C69H87N3O3/c1-64(2,3)52-37-46(38-53(58(52)73)65(4,5)6)49(34-43-28-22-19-23-29-43)61-70-62(50(35-44-30-24-20-25-31-44)47-39-54(66(7,8)9)59(74)55(40-47)67(10,11)12)72-63(71-61)51(36-45-32-26-21-27-33-45)48-41-56(68(13,14)15)60(75)57(42-48)69(16,17)18/h19-33,37-42,49-51,73-75H,34-36H2,1-18H3. The molecule has 0 radical (unpaired) electrons. The van der Waals surface area contributed by atoms with Crippen molar-refractivity contribution in [3.8, 4) is 17.2 Å². The van der Waals surface area contributed by atoms with Crippen LogP contribution in [0.25, 0.3) is 0 Å². The molecule has 3 atom stereocenters. The van der Waals surface area contributed by atoms with Crippen molar-refractivity contribution in [1.29, 1.82) is 0 Å². The molecule has 1 aromatic heterocycles. The van der Waals surface area contributed by atoms with E-state index in [-0.39, 0.29) is 50.2 Å². The summed E-state index contributed by atoms with van der Waals surface area (Å²) in [5.41, 5.74) is 9.50. The molecule has 7 rings (SSSR count). The molecular weight excluding hydrogens is 919 g/mol. The average molecular weight is 1010 g/mol. The van der Waals surface area contributed by atoms with Crippen LogP contribution in [0.4, 0.5) is 0 Å². The smallest absolute Gasteiger partial charge is 0.140 e. The summed E-state index contributed by atoms with van der Waals surface area (Å²) in [4.78, 5) is 17.4. The van der Waals surface area contributed by atoms with Crippen molar-refractivity contribution in [3.05, 3.63) is 212 Å². The summed E-state index contributed by atoms with van der Waals surface area (Å²) in [6.45, 7) is 38.9. The summed E-state index contributed by atoms with van der Waals surface area (Å²) in [5.74, 6) is 1.84. The second-order valence-electron chi connectivity index (χ2n) is 27.5. The molecule has 0 bridgehead atoms. The van der Waals surface area contributed by atoms with Gasteiger partial charge >= 0.3 is 0 Å². The highest BCUT2D eigenvalue weighted by atomic mass is 16.3. The fourth-order valence-corrected chi connectivity index (χ4v) is 10.5. The maximum Gasteiger partial charge on any atom is 0.140 e. The molecule has 6 heteroatoms. The molecule has 3 unspecified atom stereocenters. The molecule has 1 heterocycles. The van der Waals surface area contributed by atoms with Gasteiger partial charge in [-0.15, -0.1) is 0 Å². The minimum atomic E-state index is -0.378. The summed E-state index contributed by atoms with van der Waals surface area (Å²) < 4.78 is 0. The molecule has 3 N–H and O–H groups in total. The van der Waals surface area contributed by atoms with Crippen LogP contribution in [0.2, 0.25) is 0 Å². The average Bonchev–Trinajstić information content (AvgIpc) is 3.31. The Kier molecular flexibility index (Phi) is 15.8. The molecule has 0 aliphatic rings. The quantitative estimate of drug-likeness (QED) is 0.113. The van der Waals surface area contributed by atoms with Gasteiger partial charge in [0.05, 0.1) is 0 Å². The molecule has 0 aliphatic heterocycles. The molecule has 0 aliphatic carbocycles. The van der Waals surface area contributed by atoms with Gasteiger partial charge in [0, 0.05) is 17.8 Å². The molecular formula is C69H87N3O3. The zero-order valence-corrected chi connectivity index (χ0v) is 48.7. The molecule has 396 valence electrons. The number of hydrogen-bond acceptors (Lipinski definition) is 6. The van der Waals surface area contributed by atoms with E-state index in [1.165, 1.54) is 0 Å². The van der Waals surface area contributed by atoms with Crippen LogP contribution in [0.1, 0.15) is 227 Å². The Hall–Kier alpha value is -6.27. The van der Waals surface area contributed by atoms with Crippen LogP contribution < -0.4 is 0 Å². The van der Waals surface area contributed by atoms with Gasteiger partial charge in [-0.1, -0.05) is 252 Å². The van der Waals surface area contributed by atoms with Crippen LogP contribution in [0.15, 0.2) is 127 Å². The van der Waals surface area contributed by atoms with E-state index >= 15 is 0 Å². The van der Waals surface area contributed by atoms with Gasteiger partial charge in [0.1, 0.15) is 34.7 Å². The maximum atomic E-state index is 12.2. The highest BCUT2D eigenvalue weighted by molar-refractivity contribution is 5.55. The first-order valence-corrected chi connectivity index (χ1v) is 27.2. The number of aromatic nitrogens is 3. The molecule has 75 heavy (non-hydrogen) atoms. The van der Waals surface area contributed by atoms with Gasteiger partial charge in [0.25, 0.3) is 0 Å². The van der Waals surface area contributed by atoms with E-state index in [0.717, 1.165) is 66.8 Å². The number of benzene rings is 6. The lowest BCUT2D eigenvalue weighted by Crippen LogP contribution is -2.24. The Morgan fingerprint density at radius 2 is 0.467 bits per heavy atom. The van der Waals surface area contributed by atoms with Crippen molar-refractivity contribution in [2.45, 2.75) is 194 Å². The fraction of sp³-hybridized carbons (Fsp3) is 0.435. The van der Waals surface area contributed by atoms with E-state index in [2.05, 4.69) is 252 Å². The molecule has 0 spiro atoms. The van der Waals surface area contributed by atoms with Gasteiger partial charge in [-0.25, -0.2) is 15.0 Å². The number of phenols is 3. The minimum absolute atomic E-state index is 0.327. The van der Waals surface area contributed by atoms with Crippen molar-refractivity contribution in [3.63, 3.8) is 0 Å².